The highest BCUT2D eigenvalue weighted by Gasteiger charge is 2.12. The lowest BCUT2D eigenvalue weighted by atomic mass is 10.1. The van der Waals surface area contributed by atoms with Crippen molar-refractivity contribution in [3.63, 3.8) is 0 Å². The number of halogens is 2. The zero-order valence-corrected chi connectivity index (χ0v) is 13.2. The van der Waals surface area contributed by atoms with Crippen LogP contribution in [0.25, 0.3) is 0 Å². The van der Waals surface area contributed by atoms with Crippen molar-refractivity contribution in [3.05, 3.63) is 64.4 Å². The molecule has 23 heavy (non-hydrogen) atoms. The van der Waals surface area contributed by atoms with Crippen LogP contribution < -0.4 is 10.1 Å². The normalized spacial score (nSPS) is 11.7. The minimum atomic E-state index is -0.501. The molecule has 0 amide bonds. The fourth-order valence-corrected chi connectivity index (χ4v) is 2.20. The summed E-state index contributed by atoms with van der Waals surface area (Å²) in [4.78, 5) is 0. The summed E-state index contributed by atoms with van der Waals surface area (Å²) in [5, 5.41) is 12.7. The molecule has 0 bridgehead atoms. The Morgan fingerprint density at radius 2 is 2.00 bits per heavy atom. The van der Waals surface area contributed by atoms with Gasteiger partial charge in [0.05, 0.1) is 17.7 Å². The van der Waals surface area contributed by atoms with Gasteiger partial charge in [0, 0.05) is 6.54 Å². The summed E-state index contributed by atoms with van der Waals surface area (Å²) in [6.45, 7) is 0.599. The number of nitrogens with one attached hydrogen (secondary N) is 1. The minimum Gasteiger partial charge on any atom is -0.481 e. The summed E-state index contributed by atoms with van der Waals surface area (Å²) in [7, 11) is 0. The third-order valence-electron chi connectivity index (χ3n) is 3.33. The molecule has 2 N–H and O–H groups in total. The molecule has 0 fully saturated rings. The van der Waals surface area contributed by atoms with Crippen molar-refractivity contribution in [2.45, 2.75) is 12.6 Å². The van der Waals surface area contributed by atoms with E-state index in [1.807, 2.05) is 24.3 Å². The molecule has 2 rings (SSSR count). The average Bonchev–Trinajstić information content (AvgIpc) is 2.57. The molecule has 1 unspecified atom stereocenters. The molecule has 0 saturated carbocycles. The van der Waals surface area contributed by atoms with Crippen molar-refractivity contribution < 1.29 is 14.2 Å². The van der Waals surface area contributed by atoms with E-state index in [2.05, 4.69) is 11.2 Å². The SMILES string of the molecule is C#CCOc1ccc(CNC(CO)c2ccc(Cl)c(F)c2)cc1. The highest BCUT2D eigenvalue weighted by molar-refractivity contribution is 6.30. The third kappa shape index (κ3) is 4.97. The zero-order valence-electron chi connectivity index (χ0n) is 12.4. The lowest BCUT2D eigenvalue weighted by molar-refractivity contribution is 0.243. The molecule has 1 atom stereocenters. The average molecular weight is 334 g/mol. The van der Waals surface area contributed by atoms with Crippen LogP contribution in [0.3, 0.4) is 0 Å². The Labute approximate surface area is 140 Å². The molecule has 120 valence electrons. The molecule has 0 heterocycles. The second kappa shape index (κ2) is 8.54. The maximum atomic E-state index is 13.5. The molecule has 0 aliphatic carbocycles. The number of aliphatic hydroxyl groups is 1. The predicted octanol–water partition coefficient (Wildman–Crippen LogP) is 3.31. The summed E-state index contributed by atoms with van der Waals surface area (Å²) in [5.74, 6) is 2.60. The van der Waals surface area contributed by atoms with E-state index >= 15 is 0 Å². The molecule has 0 aliphatic rings. The van der Waals surface area contributed by atoms with Crippen molar-refractivity contribution in [1.82, 2.24) is 5.32 Å². The number of rotatable bonds is 7. The molecule has 0 saturated heterocycles. The van der Waals surface area contributed by atoms with Gasteiger partial charge >= 0.3 is 0 Å². The maximum Gasteiger partial charge on any atom is 0.148 e. The number of hydrogen-bond donors (Lipinski definition) is 2. The van der Waals surface area contributed by atoms with Crippen LogP contribution in [0.15, 0.2) is 42.5 Å². The van der Waals surface area contributed by atoms with Crippen molar-refractivity contribution in [2.75, 3.05) is 13.2 Å². The molecule has 2 aromatic rings. The van der Waals surface area contributed by atoms with Crippen LogP contribution in [0.1, 0.15) is 17.2 Å². The van der Waals surface area contributed by atoms with Gasteiger partial charge in [0.25, 0.3) is 0 Å². The Hall–Kier alpha value is -2.06. The van der Waals surface area contributed by atoms with Gasteiger partial charge in [0.2, 0.25) is 0 Å². The Balaban J connectivity index is 1.97. The van der Waals surface area contributed by atoms with Crippen LogP contribution in [0, 0.1) is 18.2 Å². The fourth-order valence-electron chi connectivity index (χ4n) is 2.09. The lowest BCUT2D eigenvalue weighted by Gasteiger charge is -2.17. The Morgan fingerprint density at radius 1 is 1.26 bits per heavy atom. The quantitative estimate of drug-likeness (QED) is 0.764. The van der Waals surface area contributed by atoms with Gasteiger partial charge in [0.1, 0.15) is 18.2 Å². The summed E-state index contributed by atoms with van der Waals surface area (Å²) < 4.78 is 18.8. The molecule has 5 heteroatoms. The summed E-state index contributed by atoms with van der Waals surface area (Å²) in [5.41, 5.74) is 1.65. The number of ether oxygens (including phenoxy) is 1. The first-order valence-electron chi connectivity index (χ1n) is 7.08. The third-order valence-corrected chi connectivity index (χ3v) is 3.63. The van der Waals surface area contributed by atoms with Crippen molar-refractivity contribution in [3.8, 4) is 18.1 Å². The van der Waals surface area contributed by atoms with Crippen LogP contribution in [0.5, 0.6) is 5.75 Å². The van der Waals surface area contributed by atoms with Gasteiger partial charge in [-0.1, -0.05) is 35.7 Å². The van der Waals surface area contributed by atoms with E-state index in [1.54, 1.807) is 6.07 Å². The first-order chi connectivity index (χ1) is 11.1. The van der Waals surface area contributed by atoms with Gasteiger partial charge in [-0.15, -0.1) is 6.42 Å². The molecular formula is C18H17ClFNO2. The molecule has 0 aromatic heterocycles. The fraction of sp³-hybridized carbons (Fsp3) is 0.222. The van der Waals surface area contributed by atoms with Crippen LogP contribution in [-0.2, 0) is 6.54 Å². The van der Waals surface area contributed by atoms with E-state index in [-0.39, 0.29) is 24.3 Å². The van der Waals surface area contributed by atoms with Gasteiger partial charge in [-0.25, -0.2) is 4.39 Å². The minimum absolute atomic E-state index is 0.0630. The summed E-state index contributed by atoms with van der Waals surface area (Å²) >= 11 is 5.67. The van der Waals surface area contributed by atoms with Gasteiger partial charge in [0.15, 0.2) is 0 Å². The molecule has 0 spiro atoms. The highest BCUT2D eigenvalue weighted by Crippen LogP contribution is 2.21. The number of aliphatic hydroxyl groups excluding tert-OH is 1. The molecule has 0 radical (unpaired) electrons. The van der Waals surface area contributed by atoms with Crippen LogP contribution in [0.2, 0.25) is 5.02 Å². The smallest absolute Gasteiger partial charge is 0.148 e. The second-order valence-electron chi connectivity index (χ2n) is 4.93. The second-order valence-corrected chi connectivity index (χ2v) is 5.33. The zero-order chi connectivity index (χ0) is 16.7. The van der Waals surface area contributed by atoms with Gasteiger partial charge < -0.3 is 15.2 Å². The molecule has 3 nitrogen and oxygen atoms in total. The molecule has 0 aliphatic heterocycles. The van der Waals surface area contributed by atoms with Crippen LogP contribution >= 0.6 is 11.6 Å². The van der Waals surface area contributed by atoms with Gasteiger partial charge in [-0.3, -0.25) is 0 Å². The van der Waals surface area contributed by atoms with E-state index in [0.717, 1.165) is 5.56 Å². The number of benzene rings is 2. The first-order valence-corrected chi connectivity index (χ1v) is 7.46. The van der Waals surface area contributed by atoms with Crippen LogP contribution in [-0.4, -0.2) is 18.3 Å². The van der Waals surface area contributed by atoms with E-state index in [4.69, 9.17) is 22.8 Å². The Bertz CT molecular complexity index is 682. The van der Waals surface area contributed by atoms with E-state index < -0.39 is 5.82 Å². The number of hydrogen-bond acceptors (Lipinski definition) is 3. The van der Waals surface area contributed by atoms with E-state index in [9.17, 15) is 9.50 Å². The number of terminal acetylenes is 1. The monoisotopic (exact) mass is 333 g/mol. The van der Waals surface area contributed by atoms with Crippen molar-refractivity contribution >= 4 is 11.6 Å². The van der Waals surface area contributed by atoms with Gasteiger partial charge in [-0.2, -0.15) is 0 Å². The predicted molar refractivity (Wildman–Crippen MR) is 88.8 cm³/mol. The maximum absolute atomic E-state index is 13.5. The Kier molecular flexibility index (Phi) is 6.42. The standard InChI is InChI=1S/C18H17ClFNO2/c1-2-9-23-15-6-3-13(4-7-15)11-21-18(12-22)14-5-8-16(19)17(20)10-14/h1,3-8,10,18,21-22H,9,11-12H2. The molecule has 2 aromatic carbocycles. The van der Waals surface area contributed by atoms with Crippen molar-refractivity contribution in [2.24, 2.45) is 0 Å². The lowest BCUT2D eigenvalue weighted by Crippen LogP contribution is -2.24. The van der Waals surface area contributed by atoms with Crippen LogP contribution in [0.4, 0.5) is 4.39 Å². The van der Waals surface area contributed by atoms with E-state index in [1.165, 1.54) is 12.1 Å². The Morgan fingerprint density at radius 3 is 2.61 bits per heavy atom. The van der Waals surface area contributed by atoms with Crippen molar-refractivity contribution in [1.29, 1.82) is 0 Å². The highest BCUT2D eigenvalue weighted by atomic mass is 35.5. The summed E-state index contributed by atoms with van der Waals surface area (Å²) in [6, 6.07) is 11.6. The van der Waals surface area contributed by atoms with E-state index in [0.29, 0.717) is 17.9 Å². The molecular weight excluding hydrogens is 317 g/mol. The topological polar surface area (TPSA) is 41.5 Å². The van der Waals surface area contributed by atoms with Gasteiger partial charge in [-0.05, 0) is 35.4 Å². The first kappa shape index (κ1) is 17.3. The largest absolute Gasteiger partial charge is 0.481 e. The summed E-state index contributed by atoms with van der Waals surface area (Å²) in [6.07, 6.45) is 5.13.